The largest absolute Gasteiger partial charge is 0.444 e. The minimum Gasteiger partial charge on any atom is -0.444 e. The molecule has 1 fully saturated rings. The third-order valence-electron chi connectivity index (χ3n) is 4.71. The van der Waals surface area contributed by atoms with E-state index in [4.69, 9.17) is 16.3 Å². The van der Waals surface area contributed by atoms with Crippen molar-refractivity contribution in [1.82, 2.24) is 4.31 Å². The lowest BCUT2D eigenvalue weighted by Gasteiger charge is -2.39. The zero-order valence-corrected chi connectivity index (χ0v) is 18.9. The van der Waals surface area contributed by atoms with Gasteiger partial charge in [0.05, 0.1) is 11.0 Å². The van der Waals surface area contributed by atoms with Gasteiger partial charge in [-0.15, -0.1) is 0 Å². The van der Waals surface area contributed by atoms with Crippen LogP contribution >= 0.6 is 39.5 Å². The number of fused-ring (bicyclic) bond motifs is 1. The number of alkyl halides is 1. The van der Waals surface area contributed by atoms with Gasteiger partial charge in [0.2, 0.25) is 0 Å². The number of halogens is 2. The number of cyclic esters (lactones) is 1. The Balaban J connectivity index is 1.64. The second kappa shape index (κ2) is 9.96. The van der Waals surface area contributed by atoms with E-state index in [9.17, 15) is 4.79 Å². The highest BCUT2D eigenvalue weighted by Gasteiger charge is 2.34. The number of hydrogen-bond acceptors (Lipinski definition) is 5. The van der Waals surface area contributed by atoms with Crippen molar-refractivity contribution < 1.29 is 9.53 Å². The number of carbonyl (C=O) groups is 1. The molecule has 0 spiro atoms. The summed E-state index contributed by atoms with van der Waals surface area (Å²) >= 11 is 10.8. The molecule has 8 heteroatoms. The summed E-state index contributed by atoms with van der Waals surface area (Å²) in [5.74, 6) is 0. The normalized spacial score (nSPS) is 19.4. The standard InChI is InChI=1S/C20H23BrClN3O2S/c1-3-17(12-23-19(22)11-21)28-24-8-6-16(7-9-24)25-18-5-4-14(2)10-15(18)13-27-20(25)26/h3-5,10,12,16H,1,6-9,11,13H2,2H3/b17-12+,23-19?. The molecule has 2 aliphatic rings. The molecule has 28 heavy (non-hydrogen) atoms. The van der Waals surface area contributed by atoms with Crippen molar-refractivity contribution in [1.29, 1.82) is 0 Å². The van der Waals surface area contributed by atoms with Crippen LogP contribution in [0.5, 0.6) is 0 Å². The van der Waals surface area contributed by atoms with Gasteiger partial charge < -0.3 is 4.74 Å². The van der Waals surface area contributed by atoms with Gasteiger partial charge >= 0.3 is 6.09 Å². The number of amides is 1. The topological polar surface area (TPSA) is 45.1 Å². The van der Waals surface area contributed by atoms with E-state index in [1.165, 1.54) is 5.56 Å². The molecule has 1 aromatic carbocycles. The fourth-order valence-corrected chi connectivity index (χ4v) is 4.40. The van der Waals surface area contributed by atoms with E-state index < -0.39 is 0 Å². The number of hydrogen-bond donors (Lipinski definition) is 0. The first kappa shape index (κ1) is 21.4. The third kappa shape index (κ3) is 5.20. The van der Waals surface area contributed by atoms with E-state index in [2.05, 4.69) is 50.9 Å². The summed E-state index contributed by atoms with van der Waals surface area (Å²) in [5, 5.41) is 1.02. The van der Waals surface area contributed by atoms with Gasteiger partial charge in [0.25, 0.3) is 0 Å². The highest BCUT2D eigenvalue weighted by atomic mass is 79.9. The molecule has 2 heterocycles. The van der Waals surface area contributed by atoms with Crippen molar-refractivity contribution in [2.45, 2.75) is 32.4 Å². The monoisotopic (exact) mass is 483 g/mol. The van der Waals surface area contributed by atoms with Crippen LogP contribution in [0.2, 0.25) is 0 Å². The van der Waals surface area contributed by atoms with Gasteiger partial charge in [0.15, 0.2) is 0 Å². The van der Waals surface area contributed by atoms with E-state index >= 15 is 0 Å². The van der Waals surface area contributed by atoms with E-state index in [0.29, 0.717) is 17.1 Å². The summed E-state index contributed by atoms with van der Waals surface area (Å²) in [4.78, 5) is 19.4. The average molecular weight is 485 g/mol. The molecule has 2 aliphatic heterocycles. The summed E-state index contributed by atoms with van der Waals surface area (Å²) in [6.45, 7) is 7.98. The Bertz CT molecular complexity index is 807. The molecule has 3 rings (SSSR count). The van der Waals surface area contributed by atoms with E-state index in [1.807, 2.05) is 11.0 Å². The van der Waals surface area contributed by atoms with Crippen molar-refractivity contribution in [2.75, 3.05) is 23.3 Å². The molecule has 0 aliphatic carbocycles. The van der Waals surface area contributed by atoms with Crippen LogP contribution in [0.25, 0.3) is 0 Å². The maximum absolute atomic E-state index is 12.5. The SMILES string of the molecule is C=C/C(=C\N=C(Cl)CBr)SN1CCC(N2C(=O)OCc3cc(C)ccc32)CC1. The van der Waals surface area contributed by atoms with Gasteiger partial charge in [0.1, 0.15) is 11.8 Å². The fourth-order valence-electron chi connectivity index (χ4n) is 3.34. The summed E-state index contributed by atoms with van der Waals surface area (Å²) in [6.07, 6.45) is 5.02. The van der Waals surface area contributed by atoms with Crippen LogP contribution in [0.15, 0.2) is 47.0 Å². The molecule has 5 nitrogen and oxygen atoms in total. The molecule has 0 radical (unpaired) electrons. The zero-order valence-electron chi connectivity index (χ0n) is 15.7. The summed E-state index contributed by atoms with van der Waals surface area (Å²) < 4.78 is 7.68. The van der Waals surface area contributed by atoms with Crippen molar-refractivity contribution >= 4 is 56.4 Å². The molecule has 0 atom stereocenters. The summed E-state index contributed by atoms with van der Waals surface area (Å²) in [5.41, 5.74) is 3.24. The Morgan fingerprint density at radius 2 is 2.21 bits per heavy atom. The third-order valence-corrected chi connectivity index (χ3v) is 6.90. The number of allylic oxidation sites excluding steroid dienone is 1. The molecule has 1 amide bonds. The Kier molecular flexibility index (Phi) is 7.62. The molecule has 0 N–H and O–H groups in total. The molecule has 0 bridgehead atoms. The second-order valence-electron chi connectivity index (χ2n) is 6.68. The predicted molar refractivity (Wildman–Crippen MR) is 121 cm³/mol. The smallest absolute Gasteiger partial charge is 0.414 e. The second-order valence-corrected chi connectivity index (χ2v) is 8.85. The van der Waals surface area contributed by atoms with Gasteiger partial charge in [-0.1, -0.05) is 57.9 Å². The minimum atomic E-state index is -0.243. The number of aliphatic imine (C=N–C) groups is 1. The molecule has 1 aromatic rings. The molecule has 0 saturated carbocycles. The van der Waals surface area contributed by atoms with Crippen LogP contribution in [0.3, 0.4) is 0 Å². The molecule has 1 saturated heterocycles. The fraction of sp³-hybridized carbons (Fsp3) is 0.400. The maximum atomic E-state index is 12.5. The first-order valence-electron chi connectivity index (χ1n) is 9.11. The number of benzene rings is 1. The molecule has 0 aromatic heterocycles. The molecule has 0 unspecified atom stereocenters. The minimum absolute atomic E-state index is 0.142. The van der Waals surface area contributed by atoms with Crippen molar-refractivity contribution in [3.63, 3.8) is 0 Å². The summed E-state index contributed by atoms with van der Waals surface area (Å²) in [6, 6.07) is 6.33. The van der Waals surface area contributed by atoms with Gasteiger partial charge in [-0.2, -0.15) is 0 Å². The van der Waals surface area contributed by atoms with E-state index in [0.717, 1.165) is 42.1 Å². The van der Waals surface area contributed by atoms with Crippen molar-refractivity contribution in [2.24, 2.45) is 4.99 Å². The maximum Gasteiger partial charge on any atom is 0.414 e. The van der Waals surface area contributed by atoms with Crippen LogP contribution in [0.4, 0.5) is 10.5 Å². The number of aryl methyl sites for hydroxylation is 1. The van der Waals surface area contributed by atoms with Gasteiger partial charge in [-0.25, -0.2) is 14.1 Å². The quantitative estimate of drug-likeness (QED) is 0.227. The lowest BCUT2D eigenvalue weighted by atomic mass is 10.0. The molecular weight excluding hydrogens is 462 g/mol. The highest BCUT2D eigenvalue weighted by Crippen LogP contribution is 2.34. The van der Waals surface area contributed by atoms with Gasteiger partial charge in [-0.3, -0.25) is 4.90 Å². The van der Waals surface area contributed by atoms with E-state index in [1.54, 1.807) is 24.2 Å². The summed E-state index contributed by atoms with van der Waals surface area (Å²) in [7, 11) is 0. The number of ether oxygens (including phenoxy) is 1. The number of nitrogens with zero attached hydrogens (tertiary/aromatic N) is 3. The Labute approximate surface area is 183 Å². The molecule has 150 valence electrons. The highest BCUT2D eigenvalue weighted by molar-refractivity contribution is 9.09. The van der Waals surface area contributed by atoms with Crippen LogP contribution in [0, 0.1) is 6.92 Å². The first-order valence-corrected chi connectivity index (χ1v) is 11.4. The van der Waals surface area contributed by atoms with E-state index in [-0.39, 0.29) is 12.1 Å². The number of anilines is 1. The Morgan fingerprint density at radius 1 is 1.46 bits per heavy atom. The lowest BCUT2D eigenvalue weighted by molar-refractivity contribution is 0.136. The molecular formula is C20H23BrClN3O2S. The average Bonchev–Trinajstić information content (AvgIpc) is 2.71. The van der Waals surface area contributed by atoms with Crippen LogP contribution < -0.4 is 4.90 Å². The van der Waals surface area contributed by atoms with Gasteiger partial charge in [-0.05, 0) is 37.8 Å². The zero-order chi connectivity index (χ0) is 20.1. The number of piperidine rings is 1. The van der Waals surface area contributed by atoms with Crippen LogP contribution in [0.1, 0.15) is 24.0 Å². The first-order chi connectivity index (χ1) is 13.5. The van der Waals surface area contributed by atoms with Gasteiger partial charge in [0, 0.05) is 35.8 Å². The number of rotatable bonds is 6. The Hall–Kier alpha value is -1.28. The predicted octanol–water partition coefficient (Wildman–Crippen LogP) is 5.62. The van der Waals surface area contributed by atoms with Crippen molar-refractivity contribution in [3.8, 4) is 0 Å². The lowest BCUT2D eigenvalue weighted by Crippen LogP contribution is -2.48. The number of carbonyl (C=O) groups excluding carboxylic acids is 1. The van der Waals surface area contributed by atoms with Crippen LogP contribution in [-0.2, 0) is 11.3 Å². The Morgan fingerprint density at radius 3 is 2.89 bits per heavy atom. The van der Waals surface area contributed by atoms with Crippen LogP contribution in [-0.4, -0.2) is 40.0 Å². The van der Waals surface area contributed by atoms with Crippen molar-refractivity contribution in [3.05, 3.63) is 53.1 Å².